The Morgan fingerprint density at radius 1 is 0.444 bits per heavy atom. The zero-order valence-corrected chi connectivity index (χ0v) is 30.9. The number of nitrogens with zero attached hydrogens (tertiary/aromatic N) is 1. The zero-order chi connectivity index (χ0) is 36.4. The van der Waals surface area contributed by atoms with E-state index in [1.807, 2.05) is 11.3 Å². The number of fused-ring (bicyclic) bond motifs is 6. The van der Waals surface area contributed by atoms with Crippen molar-refractivity contribution in [1.29, 1.82) is 0 Å². The Balaban J connectivity index is 1.08. The molecule has 3 heteroatoms. The van der Waals surface area contributed by atoms with E-state index in [4.69, 9.17) is 0 Å². The van der Waals surface area contributed by atoms with Crippen molar-refractivity contribution in [3.8, 4) is 50.3 Å². The van der Waals surface area contributed by atoms with Gasteiger partial charge in [0.15, 0.2) is 0 Å². The van der Waals surface area contributed by atoms with Gasteiger partial charge in [0.25, 0.3) is 0 Å². The quantitative estimate of drug-likeness (QED) is 0.186. The Morgan fingerprint density at radius 3 is 1.85 bits per heavy atom. The molecule has 2 nitrogen and oxygen atoms in total. The molecule has 0 atom stereocenters. The fourth-order valence-electron chi connectivity index (χ4n) is 8.47. The summed E-state index contributed by atoms with van der Waals surface area (Å²) in [4.78, 5) is 2.31. The van der Waals surface area contributed by atoms with Gasteiger partial charge >= 0.3 is 0 Å². The first kappa shape index (κ1) is 32.2. The molecule has 1 heterocycles. The van der Waals surface area contributed by atoms with Gasteiger partial charge in [-0.15, -0.1) is 11.3 Å². The van der Waals surface area contributed by atoms with Crippen LogP contribution in [0.15, 0.2) is 182 Å². The van der Waals surface area contributed by atoms with Crippen LogP contribution in [-0.4, -0.2) is 5.11 Å². The molecule has 0 spiro atoms. The van der Waals surface area contributed by atoms with Crippen molar-refractivity contribution in [3.63, 3.8) is 0 Å². The Labute approximate surface area is 319 Å². The lowest BCUT2D eigenvalue weighted by Gasteiger charge is -2.27. The second-order valence-corrected chi connectivity index (χ2v) is 15.7. The molecule has 8 aromatic carbocycles. The minimum atomic E-state index is -0.179. The highest BCUT2D eigenvalue weighted by atomic mass is 32.1. The molecule has 1 N–H and O–H groups in total. The van der Waals surface area contributed by atoms with Gasteiger partial charge in [-0.3, -0.25) is 0 Å². The van der Waals surface area contributed by atoms with E-state index in [-0.39, 0.29) is 5.41 Å². The smallest absolute Gasteiger partial charge is 0.131 e. The van der Waals surface area contributed by atoms with E-state index in [9.17, 15) is 5.11 Å². The summed E-state index contributed by atoms with van der Waals surface area (Å²) >= 11 is 1.86. The molecule has 0 fully saturated rings. The monoisotopic (exact) mass is 711 g/mol. The summed E-state index contributed by atoms with van der Waals surface area (Å²) in [5.74, 6) is 0.334. The minimum Gasteiger partial charge on any atom is -0.507 e. The number of thiophene rings is 1. The van der Waals surface area contributed by atoms with Crippen LogP contribution >= 0.6 is 11.3 Å². The van der Waals surface area contributed by atoms with Crippen molar-refractivity contribution in [2.24, 2.45) is 0 Å². The normalized spacial score (nSPS) is 12.9. The highest BCUT2D eigenvalue weighted by molar-refractivity contribution is 7.26. The lowest BCUT2D eigenvalue weighted by atomic mass is 9.82. The summed E-state index contributed by atoms with van der Waals surface area (Å²) in [5, 5.41) is 14.6. The number of rotatable bonds is 6. The topological polar surface area (TPSA) is 23.5 Å². The highest BCUT2D eigenvalue weighted by Crippen LogP contribution is 2.54. The lowest BCUT2D eigenvalue weighted by molar-refractivity contribution is 0.478. The van der Waals surface area contributed by atoms with Crippen molar-refractivity contribution >= 4 is 48.6 Å². The van der Waals surface area contributed by atoms with E-state index in [1.54, 1.807) is 0 Å². The molecule has 0 bridgehead atoms. The lowest BCUT2D eigenvalue weighted by Crippen LogP contribution is -2.14. The van der Waals surface area contributed by atoms with Gasteiger partial charge in [-0.1, -0.05) is 153 Å². The van der Waals surface area contributed by atoms with Crippen LogP contribution in [0.4, 0.5) is 17.1 Å². The van der Waals surface area contributed by atoms with Crippen LogP contribution in [0, 0.1) is 0 Å². The number of hydrogen-bond acceptors (Lipinski definition) is 3. The number of phenols is 1. The van der Waals surface area contributed by atoms with E-state index in [1.165, 1.54) is 48.0 Å². The van der Waals surface area contributed by atoms with Crippen LogP contribution < -0.4 is 4.90 Å². The molecule has 1 aliphatic rings. The summed E-state index contributed by atoms with van der Waals surface area (Å²) in [6.45, 7) is 4.49. The molecule has 1 aromatic heterocycles. The van der Waals surface area contributed by atoms with Crippen LogP contribution in [0.1, 0.15) is 25.0 Å². The predicted molar refractivity (Wildman–Crippen MR) is 230 cm³/mol. The summed E-state index contributed by atoms with van der Waals surface area (Å²) in [5.41, 5.74) is 14.0. The Hall–Kier alpha value is -6.42. The molecule has 1 aliphatic carbocycles. The molecule has 0 saturated heterocycles. The van der Waals surface area contributed by atoms with E-state index in [2.05, 4.69) is 201 Å². The van der Waals surface area contributed by atoms with Crippen molar-refractivity contribution in [2.75, 3.05) is 4.90 Å². The van der Waals surface area contributed by atoms with Gasteiger partial charge in [0.2, 0.25) is 0 Å². The number of aromatic hydroxyl groups is 1. The zero-order valence-electron chi connectivity index (χ0n) is 30.1. The van der Waals surface area contributed by atoms with Crippen LogP contribution in [0.5, 0.6) is 5.75 Å². The fourth-order valence-corrected chi connectivity index (χ4v) is 9.70. The van der Waals surface area contributed by atoms with E-state index in [0.29, 0.717) is 5.75 Å². The largest absolute Gasteiger partial charge is 0.507 e. The van der Waals surface area contributed by atoms with Crippen LogP contribution in [0.3, 0.4) is 0 Å². The molecule has 0 saturated carbocycles. The first-order chi connectivity index (χ1) is 26.5. The number of anilines is 3. The SMILES string of the molecule is CC1(C)c2ccccc2-c2c1ccc(-c1cccc(N(c3ccc(-c4ccccc4)cc3)c3ccc(-c4cccc5c4sc4ccccc45)cc3)c1)c2O. The second kappa shape index (κ2) is 12.6. The maximum atomic E-state index is 12.0. The predicted octanol–water partition coefficient (Wildman–Crippen LogP) is 14.5. The number of phenolic OH excluding ortho intramolecular Hbond substituents is 1. The summed E-state index contributed by atoms with van der Waals surface area (Å²) in [6, 6.07) is 64.9. The molecule has 0 radical (unpaired) electrons. The van der Waals surface area contributed by atoms with E-state index >= 15 is 0 Å². The molecule has 0 amide bonds. The van der Waals surface area contributed by atoms with Crippen LogP contribution in [-0.2, 0) is 5.41 Å². The Morgan fingerprint density at radius 2 is 1.06 bits per heavy atom. The van der Waals surface area contributed by atoms with Gasteiger partial charge in [0.1, 0.15) is 5.75 Å². The van der Waals surface area contributed by atoms with E-state index < -0.39 is 0 Å². The maximum absolute atomic E-state index is 12.0. The van der Waals surface area contributed by atoms with Gasteiger partial charge in [-0.05, 0) is 87.0 Å². The third kappa shape index (κ3) is 5.15. The molecule has 0 unspecified atom stereocenters. The number of hydrogen-bond donors (Lipinski definition) is 1. The maximum Gasteiger partial charge on any atom is 0.131 e. The molecule has 258 valence electrons. The molecular weight excluding hydrogens is 675 g/mol. The number of benzene rings is 8. The van der Waals surface area contributed by atoms with Gasteiger partial charge in [0, 0.05) is 53.8 Å². The molecule has 9 aromatic rings. The average molecular weight is 712 g/mol. The van der Waals surface area contributed by atoms with Crippen molar-refractivity contribution in [2.45, 2.75) is 19.3 Å². The molecule has 0 aliphatic heterocycles. The Bertz CT molecular complexity index is 2850. The third-order valence-electron chi connectivity index (χ3n) is 11.2. The summed E-state index contributed by atoms with van der Waals surface area (Å²) in [6.07, 6.45) is 0. The van der Waals surface area contributed by atoms with E-state index in [0.717, 1.165) is 44.9 Å². The van der Waals surface area contributed by atoms with Crippen molar-refractivity contribution in [1.82, 2.24) is 0 Å². The van der Waals surface area contributed by atoms with Gasteiger partial charge < -0.3 is 10.0 Å². The van der Waals surface area contributed by atoms with Crippen molar-refractivity contribution in [3.05, 3.63) is 193 Å². The molecular formula is C51H37NOS. The van der Waals surface area contributed by atoms with Gasteiger partial charge in [0.05, 0.1) is 0 Å². The minimum absolute atomic E-state index is 0.179. The average Bonchev–Trinajstić information content (AvgIpc) is 3.72. The van der Waals surface area contributed by atoms with Crippen LogP contribution in [0.25, 0.3) is 64.7 Å². The second-order valence-electron chi connectivity index (χ2n) is 14.7. The third-order valence-corrected chi connectivity index (χ3v) is 12.4. The van der Waals surface area contributed by atoms with Crippen LogP contribution in [0.2, 0.25) is 0 Å². The van der Waals surface area contributed by atoms with Gasteiger partial charge in [-0.2, -0.15) is 0 Å². The van der Waals surface area contributed by atoms with Gasteiger partial charge in [-0.25, -0.2) is 0 Å². The van der Waals surface area contributed by atoms with Crippen molar-refractivity contribution < 1.29 is 5.11 Å². The standard InChI is InChI=1S/C51H37NOS/c1-51(2)45-20-8-6-17-44(45)48-46(51)31-30-40(49(48)53)36-14-10-15-39(32-36)52(37-26-22-34(23-27-37)33-12-4-3-5-13-33)38-28-24-35(25-29-38)41-18-11-19-43-42-16-7-9-21-47(42)54-50(41)43/h3-32,53H,1-2H3. The summed E-state index contributed by atoms with van der Waals surface area (Å²) in [7, 11) is 0. The first-order valence-corrected chi connectivity index (χ1v) is 19.3. The molecule has 10 rings (SSSR count). The molecule has 54 heavy (non-hydrogen) atoms. The Kier molecular flexibility index (Phi) is 7.53. The first-order valence-electron chi connectivity index (χ1n) is 18.5. The highest BCUT2D eigenvalue weighted by Gasteiger charge is 2.37. The fraction of sp³-hybridized carbons (Fsp3) is 0.0588. The summed E-state index contributed by atoms with van der Waals surface area (Å²) < 4.78 is 2.62.